The highest BCUT2D eigenvalue weighted by molar-refractivity contribution is 6.30. The Morgan fingerprint density at radius 1 is 1.06 bits per heavy atom. The van der Waals surface area contributed by atoms with E-state index in [1.165, 1.54) is 18.3 Å². The number of H-pyrrole nitrogens is 1. The Kier molecular flexibility index (Phi) is 6.09. The van der Waals surface area contributed by atoms with Crippen molar-refractivity contribution < 1.29 is 18.3 Å². The summed E-state index contributed by atoms with van der Waals surface area (Å²) in [5.41, 5.74) is -1.08. The van der Waals surface area contributed by atoms with Crippen molar-refractivity contribution in [2.24, 2.45) is 0 Å². The second kappa shape index (κ2) is 9.11. The monoisotopic (exact) mass is 515 g/mol. The maximum Gasteiger partial charge on any atom is 0.416 e. The summed E-state index contributed by atoms with van der Waals surface area (Å²) in [5.74, 6) is 0.399. The van der Waals surface area contributed by atoms with Crippen molar-refractivity contribution >= 4 is 40.0 Å². The van der Waals surface area contributed by atoms with E-state index in [9.17, 15) is 23.1 Å². The van der Waals surface area contributed by atoms with E-state index in [0.717, 1.165) is 17.7 Å². The van der Waals surface area contributed by atoms with Crippen molar-refractivity contribution in [3.63, 3.8) is 0 Å². The number of piperidine rings is 1. The van der Waals surface area contributed by atoms with E-state index >= 15 is 0 Å². The Balaban J connectivity index is 1.47. The van der Waals surface area contributed by atoms with Crippen LogP contribution in [-0.4, -0.2) is 33.1 Å². The zero-order valence-corrected chi connectivity index (χ0v) is 19.6. The first-order valence-corrected chi connectivity index (χ1v) is 11.6. The molecule has 1 aliphatic heterocycles. The highest BCUT2D eigenvalue weighted by Crippen LogP contribution is 2.36. The molecular weight excluding hydrogens is 495 g/mol. The zero-order valence-electron chi connectivity index (χ0n) is 18.8. The van der Waals surface area contributed by atoms with Gasteiger partial charge in [-0.3, -0.25) is 4.79 Å². The van der Waals surface area contributed by atoms with Gasteiger partial charge in [-0.1, -0.05) is 29.8 Å². The van der Waals surface area contributed by atoms with Crippen molar-refractivity contribution in [1.29, 1.82) is 0 Å². The molecule has 0 aliphatic carbocycles. The predicted octanol–water partition coefficient (Wildman–Crippen LogP) is 5.22. The second-order valence-corrected chi connectivity index (χ2v) is 9.10. The van der Waals surface area contributed by atoms with Crippen LogP contribution in [0.15, 0.2) is 65.6 Å². The maximum atomic E-state index is 13.2. The molecule has 2 aromatic heterocycles. The number of nitrogens with one attached hydrogen (secondary N) is 2. The van der Waals surface area contributed by atoms with Gasteiger partial charge in [0, 0.05) is 30.0 Å². The summed E-state index contributed by atoms with van der Waals surface area (Å²) in [6.07, 6.45) is -2.25. The number of hydrogen-bond donors (Lipinski definition) is 3. The molecule has 7 nitrogen and oxygen atoms in total. The van der Waals surface area contributed by atoms with Gasteiger partial charge in [-0.2, -0.15) is 18.2 Å². The number of fused-ring (bicyclic) bond motifs is 1. The molecule has 2 aromatic carbocycles. The fourth-order valence-electron chi connectivity index (χ4n) is 4.35. The highest BCUT2D eigenvalue weighted by Gasteiger charge is 2.35. The molecule has 0 amide bonds. The molecule has 36 heavy (non-hydrogen) atoms. The first-order valence-electron chi connectivity index (χ1n) is 11.2. The second-order valence-electron chi connectivity index (χ2n) is 8.67. The Morgan fingerprint density at radius 3 is 2.47 bits per heavy atom. The maximum absolute atomic E-state index is 13.2. The SMILES string of the molecule is O=c1[nH]ccc2nc(N3CCC(O)(c4ccc(Cl)cc4)CC3)nc(Nc3cccc(C(F)(F)F)c3)c12. The molecule has 3 heterocycles. The first kappa shape index (κ1) is 24.1. The Hall–Kier alpha value is -3.63. The Labute approximate surface area is 208 Å². The lowest BCUT2D eigenvalue weighted by atomic mass is 9.84. The number of alkyl halides is 3. The van der Waals surface area contributed by atoms with Crippen LogP contribution >= 0.6 is 11.6 Å². The summed E-state index contributed by atoms with van der Waals surface area (Å²) in [5, 5.41) is 14.8. The third kappa shape index (κ3) is 4.74. The zero-order chi connectivity index (χ0) is 25.5. The van der Waals surface area contributed by atoms with Crippen LogP contribution in [0, 0.1) is 0 Å². The van der Waals surface area contributed by atoms with Crippen LogP contribution in [0.25, 0.3) is 10.9 Å². The number of hydrogen-bond acceptors (Lipinski definition) is 6. The number of benzene rings is 2. The molecule has 0 spiro atoms. The van der Waals surface area contributed by atoms with E-state index in [1.54, 1.807) is 30.3 Å². The molecule has 0 radical (unpaired) electrons. The van der Waals surface area contributed by atoms with E-state index in [-0.39, 0.29) is 16.9 Å². The molecule has 0 saturated carbocycles. The van der Waals surface area contributed by atoms with Crippen LogP contribution in [0.2, 0.25) is 5.02 Å². The average molecular weight is 516 g/mol. The van der Waals surface area contributed by atoms with Gasteiger partial charge in [0.25, 0.3) is 5.56 Å². The molecule has 4 aromatic rings. The van der Waals surface area contributed by atoms with Gasteiger partial charge in [-0.25, -0.2) is 4.98 Å². The largest absolute Gasteiger partial charge is 0.416 e. The molecule has 11 heteroatoms. The van der Waals surface area contributed by atoms with Crippen LogP contribution in [-0.2, 0) is 11.8 Å². The number of aliphatic hydroxyl groups is 1. The molecule has 0 bridgehead atoms. The minimum absolute atomic E-state index is 0.0923. The number of halogens is 4. The summed E-state index contributed by atoms with van der Waals surface area (Å²) in [6, 6.07) is 13.3. The van der Waals surface area contributed by atoms with Gasteiger partial charge < -0.3 is 20.3 Å². The van der Waals surface area contributed by atoms with Crippen LogP contribution in [0.5, 0.6) is 0 Å². The number of aromatic nitrogens is 3. The lowest BCUT2D eigenvalue weighted by molar-refractivity contribution is -0.137. The lowest BCUT2D eigenvalue weighted by Crippen LogP contribution is -2.43. The van der Waals surface area contributed by atoms with Gasteiger partial charge in [0.2, 0.25) is 5.95 Å². The average Bonchev–Trinajstić information content (AvgIpc) is 2.84. The molecule has 5 rings (SSSR count). The van der Waals surface area contributed by atoms with Crippen LogP contribution < -0.4 is 15.8 Å². The van der Waals surface area contributed by atoms with Crippen molar-refractivity contribution in [3.8, 4) is 0 Å². The molecule has 3 N–H and O–H groups in total. The van der Waals surface area contributed by atoms with Gasteiger partial charge >= 0.3 is 6.18 Å². The van der Waals surface area contributed by atoms with E-state index in [4.69, 9.17) is 11.6 Å². The fraction of sp³-hybridized carbons (Fsp3) is 0.240. The number of rotatable bonds is 4. The van der Waals surface area contributed by atoms with Gasteiger partial charge in [0.15, 0.2) is 0 Å². The summed E-state index contributed by atoms with van der Waals surface area (Å²) in [6.45, 7) is 0.855. The smallest absolute Gasteiger partial charge is 0.385 e. The highest BCUT2D eigenvalue weighted by atomic mass is 35.5. The quantitative estimate of drug-likeness (QED) is 0.345. The summed E-state index contributed by atoms with van der Waals surface area (Å²) < 4.78 is 39.6. The van der Waals surface area contributed by atoms with Gasteiger partial charge in [-0.05, 0) is 54.8 Å². The molecule has 1 aliphatic rings. The van der Waals surface area contributed by atoms with Gasteiger partial charge in [0.1, 0.15) is 11.2 Å². The number of anilines is 3. The van der Waals surface area contributed by atoms with Crippen LogP contribution in [0.1, 0.15) is 24.0 Å². The predicted molar refractivity (Wildman–Crippen MR) is 132 cm³/mol. The van der Waals surface area contributed by atoms with Crippen molar-refractivity contribution in [2.75, 3.05) is 23.3 Å². The number of nitrogens with zero attached hydrogens (tertiary/aromatic N) is 3. The standard InChI is InChI=1S/C25H21ClF3N5O2/c26-17-6-4-15(5-7-17)24(36)9-12-34(13-10-24)23-32-19-8-11-30-22(35)20(19)21(33-23)31-18-3-1-2-16(14-18)25(27,28)29/h1-8,11,14,36H,9-10,12-13H2,(H,30,35)(H,31,32,33). The topological polar surface area (TPSA) is 94.1 Å². The third-order valence-electron chi connectivity index (χ3n) is 6.32. The first-order chi connectivity index (χ1) is 17.1. The van der Waals surface area contributed by atoms with Crippen molar-refractivity contribution in [3.05, 3.63) is 87.3 Å². The molecule has 0 unspecified atom stereocenters. The minimum atomic E-state index is -4.51. The third-order valence-corrected chi connectivity index (χ3v) is 6.57. The van der Waals surface area contributed by atoms with Gasteiger partial charge in [-0.15, -0.1) is 0 Å². The molecule has 1 fully saturated rings. The number of pyridine rings is 1. The van der Waals surface area contributed by atoms with E-state index in [2.05, 4.69) is 20.3 Å². The van der Waals surface area contributed by atoms with E-state index in [1.807, 2.05) is 4.90 Å². The molecule has 0 atom stereocenters. The van der Waals surface area contributed by atoms with Crippen LogP contribution in [0.3, 0.4) is 0 Å². The van der Waals surface area contributed by atoms with Gasteiger partial charge in [0.05, 0.1) is 16.7 Å². The molecule has 1 saturated heterocycles. The Bertz CT molecular complexity index is 1470. The van der Waals surface area contributed by atoms with Crippen molar-refractivity contribution in [2.45, 2.75) is 24.6 Å². The summed E-state index contributed by atoms with van der Waals surface area (Å²) in [4.78, 5) is 26.0. The van der Waals surface area contributed by atoms with E-state index < -0.39 is 22.9 Å². The summed E-state index contributed by atoms with van der Waals surface area (Å²) in [7, 11) is 0. The van der Waals surface area contributed by atoms with Crippen LogP contribution in [0.4, 0.5) is 30.6 Å². The Morgan fingerprint density at radius 2 is 1.78 bits per heavy atom. The fourth-order valence-corrected chi connectivity index (χ4v) is 4.47. The molecule has 186 valence electrons. The van der Waals surface area contributed by atoms with Crippen molar-refractivity contribution in [1.82, 2.24) is 15.0 Å². The van der Waals surface area contributed by atoms with E-state index in [0.29, 0.717) is 42.4 Å². The normalized spacial score (nSPS) is 15.8. The summed E-state index contributed by atoms with van der Waals surface area (Å²) >= 11 is 5.97. The minimum Gasteiger partial charge on any atom is -0.385 e. The lowest BCUT2D eigenvalue weighted by Gasteiger charge is -2.38. The number of aromatic amines is 1. The molecular formula is C25H21ClF3N5O2.